The summed E-state index contributed by atoms with van der Waals surface area (Å²) >= 11 is 0. The minimum Gasteiger partial charge on any atom is -0.480 e. The first-order valence-electron chi connectivity index (χ1n) is 6.21. The van der Waals surface area contributed by atoms with Crippen molar-refractivity contribution in [3.05, 3.63) is 0 Å². The average molecular weight is 256 g/mol. The van der Waals surface area contributed by atoms with Crippen molar-refractivity contribution in [3.63, 3.8) is 0 Å². The smallest absolute Gasteiger partial charge is 0.329 e. The molecule has 0 radical (unpaired) electrons. The molecule has 1 fully saturated rings. The molecule has 2 N–H and O–H groups in total. The molecular weight excluding hydrogens is 236 g/mol. The third-order valence-electron chi connectivity index (χ3n) is 3.14. The van der Waals surface area contributed by atoms with Crippen molar-refractivity contribution in [2.24, 2.45) is 0 Å². The van der Waals surface area contributed by atoms with E-state index in [9.17, 15) is 14.4 Å². The van der Waals surface area contributed by atoms with E-state index in [0.29, 0.717) is 25.8 Å². The fourth-order valence-corrected chi connectivity index (χ4v) is 2.11. The van der Waals surface area contributed by atoms with E-state index < -0.39 is 17.4 Å². The molecule has 0 aromatic carbocycles. The molecular formula is C12H20N2O4. The van der Waals surface area contributed by atoms with Crippen LogP contribution in [-0.4, -0.2) is 46.4 Å². The first-order valence-corrected chi connectivity index (χ1v) is 6.21. The fraction of sp³-hybridized carbons (Fsp3) is 0.750. The molecule has 2 amide bonds. The fourth-order valence-electron chi connectivity index (χ4n) is 2.11. The summed E-state index contributed by atoms with van der Waals surface area (Å²) in [5.74, 6) is -1.51. The quantitative estimate of drug-likeness (QED) is 0.718. The van der Waals surface area contributed by atoms with Crippen molar-refractivity contribution in [2.75, 3.05) is 13.1 Å². The van der Waals surface area contributed by atoms with Crippen LogP contribution < -0.4 is 5.32 Å². The summed E-state index contributed by atoms with van der Waals surface area (Å²) in [7, 11) is 0. The van der Waals surface area contributed by atoms with Crippen LogP contribution in [0.25, 0.3) is 0 Å². The largest absolute Gasteiger partial charge is 0.480 e. The number of rotatable bonds is 6. The number of likely N-dealkylation sites (tertiary alicyclic amines) is 1. The van der Waals surface area contributed by atoms with Crippen molar-refractivity contribution in [1.82, 2.24) is 10.2 Å². The van der Waals surface area contributed by atoms with E-state index in [0.717, 1.165) is 6.42 Å². The van der Waals surface area contributed by atoms with E-state index in [2.05, 4.69) is 5.32 Å². The Kier molecular flexibility index (Phi) is 4.69. The van der Waals surface area contributed by atoms with Crippen LogP contribution in [0.2, 0.25) is 0 Å². The van der Waals surface area contributed by atoms with Gasteiger partial charge in [0.2, 0.25) is 11.8 Å². The summed E-state index contributed by atoms with van der Waals surface area (Å²) in [6.45, 7) is 3.87. The molecule has 1 aliphatic rings. The summed E-state index contributed by atoms with van der Waals surface area (Å²) in [6.07, 6.45) is 2.25. The van der Waals surface area contributed by atoms with Gasteiger partial charge in [0, 0.05) is 13.0 Å². The molecule has 6 nitrogen and oxygen atoms in total. The monoisotopic (exact) mass is 256 g/mol. The number of carboxylic acid groups (broad SMARTS) is 1. The molecule has 6 heteroatoms. The lowest BCUT2D eigenvalue weighted by Gasteiger charge is -2.27. The van der Waals surface area contributed by atoms with Gasteiger partial charge in [0.15, 0.2) is 0 Å². The zero-order chi connectivity index (χ0) is 13.8. The summed E-state index contributed by atoms with van der Waals surface area (Å²) in [5, 5.41) is 11.6. The van der Waals surface area contributed by atoms with Crippen molar-refractivity contribution < 1.29 is 19.5 Å². The molecule has 1 atom stereocenters. The molecule has 0 aromatic heterocycles. The first-order chi connectivity index (χ1) is 8.39. The van der Waals surface area contributed by atoms with E-state index in [1.54, 1.807) is 0 Å². The molecule has 1 aliphatic heterocycles. The summed E-state index contributed by atoms with van der Waals surface area (Å²) in [4.78, 5) is 35.8. The van der Waals surface area contributed by atoms with E-state index in [1.807, 2.05) is 6.92 Å². The SMILES string of the molecule is CCCC(C)(NC(=O)CN1CCCC1=O)C(=O)O. The highest BCUT2D eigenvalue weighted by Crippen LogP contribution is 2.13. The van der Waals surface area contributed by atoms with Crippen LogP contribution in [-0.2, 0) is 14.4 Å². The van der Waals surface area contributed by atoms with Gasteiger partial charge in [-0.3, -0.25) is 9.59 Å². The third kappa shape index (κ3) is 3.45. The number of hydrogen-bond donors (Lipinski definition) is 2. The number of nitrogens with one attached hydrogen (secondary N) is 1. The predicted octanol–water partition coefficient (Wildman–Crippen LogP) is 0.368. The van der Waals surface area contributed by atoms with Gasteiger partial charge in [-0.1, -0.05) is 13.3 Å². The van der Waals surface area contributed by atoms with Crippen molar-refractivity contribution in [2.45, 2.75) is 45.1 Å². The van der Waals surface area contributed by atoms with Crippen molar-refractivity contribution in [3.8, 4) is 0 Å². The first kappa shape index (κ1) is 14.5. The summed E-state index contributed by atoms with van der Waals surface area (Å²) < 4.78 is 0. The lowest BCUT2D eigenvalue weighted by atomic mass is 9.96. The molecule has 0 aromatic rings. The topological polar surface area (TPSA) is 86.7 Å². The highest BCUT2D eigenvalue weighted by molar-refractivity contribution is 5.90. The molecule has 1 heterocycles. The van der Waals surface area contributed by atoms with Crippen LogP contribution in [0.1, 0.15) is 39.5 Å². The molecule has 1 rings (SSSR count). The summed E-state index contributed by atoms with van der Waals surface area (Å²) in [6, 6.07) is 0. The molecule has 1 unspecified atom stereocenters. The second-order valence-electron chi connectivity index (χ2n) is 4.85. The Morgan fingerprint density at radius 1 is 1.50 bits per heavy atom. The molecule has 1 saturated heterocycles. The van der Waals surface area contributed by atoms with Crippen LogP contribution in [0.3, 0.4) is 0 Å². The van der Waals surface area contributed by atoms with Crippen molar-refractivity contribution >= 4 is 17.8 Å². The Hall–Kier alpha value is -1.59. The Morgan fingerprint density at radius 2 is 2.17 bits per heavy atom. The van der Waals surface area contributed by atoms with Gasteiger partial charge in [-0.25, -0.2) is 4.79 Å². The van der Waals surface area contributed by atoms with Gasteiger partial charge in [0.25, 0.3) is 0 Å². The maximum Gasteiger partial charge on any atom is 0.329 e. The van der Waals surface area contributed by atoms with Gasteiger partial charge in [0.1, 0.15) is 5.54 Å². The zero-order valence-electron chi connectivity index (χ0n) is 10.9. The number of nitrogens with zero attached hydrogens (tertiary/aromatic N) is 1. The van der Waals surface area contributed by atoms with Gasteiger partial charge in [-0.05, 0) is 19.8 Å². The average Bonchev–Trinajstić information content (AvgIpc) is 2.64. The van der Waals surface area contributed by atoms with E-state index in [1.165, 1.54) is 11.8 Å². The maximum atomic E-state index is 11.8. The molecule has 0 aliphatic carbocycles. The van der Waals surface area contributed by atoms with Gasteiger partial charge in [-0.2, -0.15) is 0 Å². The van der Waals surface area contributed by atoms with Gasteiger partial charge in [0.05, 0.1) is 6.54 Å². The second-order valence-corrected chi connectivity index (χ2v) is 4.85. The predicted molar refractivity (Wildman–Crippen MR) is 64.9 cm³/mol. The number of carbonyl (C=O) groups is 3. The highest BCUT2D eigenvalue weighted by atomic mass is 16.4. The Labute approximate surface area is 106 Å². The second kappa shape index (κ2) is 5.84. The molecule has 102 valence electrons. The van der Waals surface area contributed by atoms with Crippen LogP contribution in [0.4, 0.5) is 0 Å². The van der Waals surface area contributed by atoms with E-state index in [-0.39, 0.29) is 12.5 Å². The summed E-state index contributed by atoms with van der Waals surface area (Å²) in [5.41, 5.74) is -1.26. The van der Waals surface area contributed by atoms with Crippen LogP contribution >= 0.6 is 0 Å². The minimum atomic E-state index is -1.26. The molecule has 0 spiro atoms. The van der Waals surface area contributed by atoms with Crippen LogP contribution in [0.15, 0.2) is 0 Å². The number of amides is 2. The standard InChI is InChI=1S/C12H20N2O4/c1-3-6-12(2,11(17)18)13-9(15)8-14-7-4-5-10(14)16/h3-8H2,1-2H3,(H,13,15)(H,17,18). The minimum absolute atomic E-state index is 0.0438. The number of hydrogen-bond acceptors (Lipinski definition) is 3. The van der Waals surface area contributed by atoms with Crippen LogP contribution in [0, 0.1) is 0 Å². The van der Waals surface area contributed by atoms with E-state index >= 15 is 0 Å². The van der Waals surface area contributed by atoms with Crippen LogP contribution in [0.5, 0.6) is 0 Å². The third-order valence-corrected chi connectivity index (χ3v) is 3.14. The Bertz CT molecular complexity index is 356. The molecule has 0 bridgehead atoms. The Morgan fingerprint density at radius 3 is 2.61 bits per heavy atom. The van der Waals surface area contributed by atoms with Gasteiger partial charge in [-0.15, -0.1) is 0 Å². The zero-order valence-corrected chi connectivity index (χ0v) is 10.9. The lowest BCUT2D eigenvalue weighted by molar-refractivity contribution is -0.147. The van der Waals surface area contributed by atoms with Gasteiger partial charge >= 0.3 is 5.97 Å². The number of carboxylic acids is 1. The van der Waals surface area contributed by atoms with Crippen molar-refractivity contribution in [1.29, 1.82) is 0 Å². The number of aliphatic carboxylic acids is 1. The van der Waals surface area contributed by atoms with E-state index in [4.69, 9.17) is 5.11 Å². The molecule has 0 saturated carbocycles. The normalized spacial score (nSPS) is 18.6. The lowest BCUT2D eigenvalue weighted by Crippen LogP contribution is -2.54. The maximum absolute atomic E-state index is 11.8. The van der Waals surface area contributed by atoms with Gasteiger partial charge < -0.3 is 15.3 Å². The molecule has 18 heavy (non-hydrogen) atoms. The Balaban J connectivity index is 2.56. The highest BCUT2D eigenvalue weighted by Gasteiger charge is 2.34. The number of carbonyl (C=O) groups excluding carboxylic acids is 2.